The maximum absolute atomic E-state index is 15.1. The molecule has 4 bridgehead atoms. The van der Waals surface area contributed by atoms with Crippen molar-refractivity contribution in [3.8, 4) is 0 Å². The van der Waals surface area contributed by atoms with Gasteiger partial charge in [-0.3, -0.25) is 4.79 Å². The zero-order chi connectivity index (χ0) is 18.7. The summed E-state index contributed by atoms with van der Waals surface area (Å²) < 4.78 is 15.1. The molecular formula is C22H31FN2O. The predicted octanol–water partition coefficient (Wildman–Crippen LogP) is 4.61. The number of nitrogens with one attached hydrogen (secondary N) is 2. The molecule has 26 heavy (non-hydrogen) atoms. The van der Waals surface area contributed by atoms with Crippen LogP contribution in [0.25, 0.3) is 0 Å². The molecule has 4 heteroatoms. The molecule has 0 radical (unpaired) electrons. The highest BCUT2D eigenvalue weighted by atomic mass is 19.1. The van der Waals surface area contributed by atoms with E-state index in [1.165, 1.54) is 0 Å². The van der Waals surface area contributed by atoms with Gasteiger partial charge in [-0.1, -0.05) is 25.1 Å². The number of hydrogen-bond donors (Lipinski definition) is 2. The summed E-state index contributed by atoms with van der Waals surface area (Å²) in [4.78, 5) is 13.1. The number of para-hydroxylation sites is 1. The summed E-state index contributed by atoms with van der Waals surface area (Å²) in [5.74, 6) is 0.792. The zero-order valence-corrected chi connectivity index (χ0v) is 16.4. The van der Waals surface area contributed by atoms with Crippen LogP contribution in [0, 0.1) is 24.2 Å². The Labute approximate surface area is 156 Å². The Hall–Kier alpha value is -1.58. The van der Waals surface area contributed by atoms with Gasteiger partial charge in [0.2, 0.25) is 5.91 Å². The Morgan fingerprint density at radius 3 is 2.62 bits per heavy atom. The lowest BCUT2D eigenvalue weighted by Gasteiger charge is -2.62. The van der Waals surface area contributed by atoms with E-state index < -0.39 is 11.2 Å². The minimum absolute atomic E-state index is 0.00681. The third kappa shape index (κ3) is 2.91. The predicted molar refractivity (Wildman–Crippen MR) is 103 cm³/mol. The highest BCUT2D eigenvalue weighted by Crippen LogP contribution is 2.62. The van der Waals surface area contributed by atoms with E-state index in [1.807, 2.05) is 45.0 Å². The summed E-state index contributed by atoms with van der Waals surface area (Å²) in [6.45, 7) is 8.06. The zero-order valence-electron chi connectivity index (χ0n) is 16.4. The monoisotopic (exact) mass is 358 g/mol. The highest BCUT2D eigenvalue weighted by Gasteiger charge is 2.61. The van der Waals surface area contributed by atoms with Gasteiger partial charge in [-0.25, -0.2) is 4.39 Å². The first-order chi connectivity index (χ1) is 12.1. The van der Waals surface area contributed by atoms with Gasteiger partial charge in [0, 0.05) is 11.7 Å². The Morgan fingerprint density at radius 2 is 1.96 bits per heavy atom. The number of carbonyl (C=O) groups is 1. The van der Waals surface area contributed by atoms with Crippen LogP contribution < -0.4 is 10.6 Å². The first-order valence-electron chi connectivity index (χ1n) is 9.94. The van der Waals surface area contributed by atoms with Gasteiger partial charge < -0.3 is 10.6 Å². The van der Waals surface area contributed by atoms with Crippen LogP contribution in [0.1, 0.15) is 58.4 Å². The number of amides is 1. The number of anilines is 1. The number of halogens is 1. The van der Waals surface area contributed by atoms with Crippen LogP contribution in [0.4, 0.5) is 10.1 Å². The molecule has 1 aromatic rings. The van der Waals surface area contributed by atoms with Crippen LogP contribution in [0.3, 0.4) is 0 Å². The van der Waals surface area contributed by atoms with Crippen molar-refractivity contribution in [2.45, 2.75) is 77.0 Å². The lowest BCUT2D eigenvalue weighted by Crippen LogP contribution is -2.67. The van der Waals surface area contributed by atoms with E-state index >= 15 is 4.39 Å². The fraction of sp³-hybridized carbons (Fsp3) is 0.682. The number of aryl methyl sites for hydroxylation is 1. The van der Waals surface area contributed by atoms with Gasteiger partial charge in [0.1, 0.15) is 11.2 Å². The molecule has 4 fully saturated rings. The fourth-order valence-electron chi connectivity index (χ4n) is 6.20. The third-order valence-corrected chi connectivity index (χ3v) is 7.06. The topological polar surface area (TPSA) is 41.1 Å². The van der Waals surface area contributed by atoms with Crippen molar-refractivity contribution in [1.82, 2.24) is 5.32 Å². The van der Waals surface area contributed by atoms with Crippen LogP contribution in [0.5, 0.6) is 0 Å². The highest BCUT2D eigenvalue weighted by molar-refractivity contribution is 5.89. The summed E-state index contributed by atoms with van der Waals surface area (Å²) in [5, 5.41) is 6.72. The Balaban J connectivity index is 1.50. The van der Waals surface area contributed by atoms with Gasteiger partial charge >= 0.3 is 0 Å². The summed E-state index contributed by atoms with van der Waals surface area (Å²) in [5.41, 5.74) is 0.287. The van der Waals surface area contributed by atoms with Crippen molar-refractivity contribution in [3.05, 3.63) is 29.8 Å². The molecule has 1 amide bonds. The molecule has 142 valence electrons. The van der Waals surface area contributed by atoms with E-state index in [0.717, 1.165) is 30.5 Å². The molecule has 5 atom stereocenters. The first kappa shape index (κ1) is 17.8. The van der Waals surface area contributed by atoms with Crippen molar-refractivity contribution in [1.29, 1.82) is 0 Å². The average Bonchev–Trinajstić information content (AvgIpc) is 2.50. The molecule has 4 aliphatic rings. The standard InChI is InChI=1S/C22H31FN2O/c1-14-7-5-6-8-17(14)25-20(2,3)19(26)24-18-16-9-15-10-21(18,4)13-22(23,11-15)12-16/h5-8,15-16,18,25H,9-13H2,1-4H3,(H,24,26)/t15?,16-,18+,21-,22+/m1/s1. The second kappa shape index (κ2) is 5.71. The van der Waals surface area contributed by atoms with Gasteiger partial charge in [0.25, 0.3) is 0 Å². The Bertz CT molecular complexity index is 733. The minimum Gasteiger partial charge on any atom is -0.371 e. The largest absolute Gasteiger partial charge is 0.371 e. The van der Waals surface area contributed by atoms with Gasteiger partial charge in [0.05, 0.1) is 0 Å². The maximum Gasteiger partial charge on any atom is 0.245 e. The lowest BCUT2D eigenvalue weighted by atomic mass is 9.47. The van der Waals surface area contributed by atoms with E-state index in [4.69, 9.17) is 0 Å². The van der Waals surface area contributed by atoms with Crippen LogP contribution in [-0.2, 0) is 4.79 Å². The van der Waals surface area contributed by atoms with Crippen molar-refractivity contribution < 1.29 is 9.18 Å². The summed E-state index contributed by atoms with van der Waals surface area (Å²) in [6.07, 6.45) is 4.07. The summed E-state index contributed by atoms with van der Waals surface area (Å²) >= 11 is 0. The second-order valence-corrected chi connectivity index (χ2v) is 9.97. The number of hydrogen-bond acceptors (Lipinski definition) is 2. The molecular weight excluding hydrogens is 327 g/mol. The van der Waals surface area contributed by atoms with E-state index in [2.05, 4.69) is 17.6 Å². The molecule has 1 unspecified atom stereocenters. The maximum atomic E-state index is 15.1. The van der Waals surface area contributed by atoms with Crippen molar-refractivity contribution >= 4 is 11.6 Å². The Kier molecular flexibility index (Phi) is 3.91. The van der Waals surface area contributed by atoms with Crippen molar-refractivity contribution in [3.63, 3.8) is 0 Å². The fourth-order valence-corrected chi connectivity index (χ4v) is 6.20. The van der Waals surface area contributed by atoms with Gasteiger partial charge in [0.15, 0.2) is 0 Å². The van der Waals surface area contributed by atoms with Crippen LogP contribution in [-0.4, -0.2) is 23.2 Å². The van der Waals surface area contributed by atoms with Gasteiger partial charge in [-0.2, -0.15) is 0 Å². The molecule has 0 saturated heterocycles. The SMILES string of the molecule is Cc1ccccc1NC(C)(C)C(=O)N[C@H]1[C@@H]2CC3C[C@](F)(C2)C[C@@]1(C)C3. The van der Waals surface area contributed by atoms with Crippen LogP contribution in [0.15, 0.2) is 24.3 Å². The summed E-state index contributed by atoms with van der Waals surface area (Å²) in [7, 11) is 0. The van der Waals surface area contributed by atoms with E-state index in [0.29, 0.717) is 18.8 Å². The van der Waals surface area contributed by atoms with Gasteiger partial charge in [-0.05, 0) is 81.8 Å². The second-order valence-electron chi connectivity index (χ2n) is 9.97. The third-order valence-electron chi connectivity index (χ3n) is 7.06. The molecule has 4 aliphatic carbocycles. The molecule has 0 spiro atoms. The summed E-state index contributed by atoms with van der Waals surface area (Å²) in [6, 6.07) is 8.10. The first-order valence-corrected chi connectivity index (χ1v) is 9.94. The van der Waals surface area contributed by atoms with E-state index in [-0.39, 0.29) is 23.3 Å². The molecule has 1 aromatic carbocycles. The normalized spacial score (nSPS) is 38.3. The molecule has 2 N–H and O–H groups in total. The van der Waals surface area contributed by atoms with E-state index in [9.17, 15) is 4.79 Å². The van der Waals surface area contributed by atoms with Gasteiger partial charge in [-0.15, -0.1) is 0 Å². The quantitative estimate of drug-likeness (QED) is 0.825. The molecule has 4 saturated carbocycles. The lowest BCUT2D eigenvalue weighted by molar-refractivity contribution is -0.149. The van der Waals surface area contributed by atoms with Crippen LogP contribution in [0.2, 0.25) is 0 Å². The molecule has 0 heterocycles. The smallest absolute Gasteiger partial charge is 0.245 e. The Morgan fingerprint density at radius 1 is 1.23 bits per heavy atom. The molecule has 0 aliphatic heterocycles. The number of carbonyl (C=O) groups excluding carboxylic acids is 1. The molecule has 5 rings (SSSR count). The van der Waals surface area contributed by atoms with Crippen LogP contribution >= 0.6 is 0 Å². The number of rotatable bonds is 4. The van der Waals surface area contributed by atoms with Crippen molar-refractivity contribution in [2.24, 2.45) is 17.3 Å². The average molecular weight is 359 g/mol. The van der Waals surface area contributed by atoms with E-state index in [1.54, 1.807) is 0 Å². The molecule has 0 aromatic heterocycles. The minimum atomic E-state index is -0.989. The number of alkyl halides is 1. The molecule has 3 nitrogen and oxygen atoms in total. The van der Waals surface area contributed by atoms with Crippen molar-refractivity contribution in [2.75, 3.05) is 5.32 Å². The number of benzene rings is 1.